The first kappa shape index (κ1) is 18.2. The lowest BCUT2D eigenvalue weighted by atomic mass is 10.2. The van der Waals surface area contributed by atoms with Crippen LogP contribution in [-0.2, 0) is 9.59 Å². The van der Waals surface area contributed by atoms with E-state index in [1.807, 2.05) is 19.0 Å². The first-order valence-corrected chi connectivity index (χ1v) is 8.11. The number of imide groups is 1. The quantitative estimate of drug-likeness (QED) is 0.788. The van der Waals surface area contributed by atoms with Gasteiger partial charge in [0, 0.05) is 18.7 Å². The second kappa shape index (κ2) is 8.07. The van der Waals surface area contributed by atoms with Crippen molar-refractivity contribution in [2.75, 3.05) is 33.7 Å². The fourth-order valence-corrected chi connectivity index (χ4v) is 2.82. The normalized spacial score (nSPS) is 16.3. The molecule has 3 amide bonds. The van der Waals surface area contributed by atoms with Crippen LogP contribution in [0.15, 0.2) is 29.2 Å². The van der Waals surface area contributed by atoms with Crippen molar-refractivity contribution in [3.05, 3.63) is 40.6 Å². The third-order valence-electron chi connectivity index (χ3n) is 3.25. The van der Waals surface area contributed by atoms with Crippen molar-refractivity contribution in [3.63, 3.8) is 0 Å². The van der Waals surface area contributed by atoms with E-state index in [0.717, 1.165) is 4.90 Å². The number of halogens is 1. The summed E-state index contributed by atoms with van der Waals surface area (Å²) in [5.41, 5.74) is 0.221. The van der Waals surface area contributed by atoms with Gasteiger partial charge >= 0.3 is 0 Å². The smallest absolute Gasteiger partial charge is 0.294 e. The number of hydrogen-bond acceptors (Lipinski definition) is 5. The van der Waals surface area contributed by atoms with E-state index in [2.05, 4.69) is 5.32 Å². The number of benzene rings is 1. The van der Waals surface area contributed by atoms with E-state index in [1.54, 1.807) is 6.07 Å². The van der Waals surface area contributed by atoms with Crippen LogP contribution in [0, 0.1) is 5.82 Å². The first-order valence-electron chi connectivity index (χ1n) is 7.30. The summed E-state index contributed by atoms with van der Waals surface area (Å²) < 4.78 is 13.6. The number of nitrogens with zero attached hydrogens (tertiary/aromatic N) is 2. The van der Waals surface area contributed by atoms with Crippen LogP contribution in [0.2, 0.25) is 0 Å². The van der Waals surface area contributed by atoms with E-state index < -0.39 is 22.9 Å². The lowest BCUT2D eigenvalue weighted by Crippen LogP contribution is -2.41. The van der Waals surface area contributed by atoms with Crippen LogP contribution in [0.1, 0.15) is 5.56 Å². The van der Waals surface area contributed by atoms with Gasteiger partial charge in [-0.1, -0.05) is 18.2 Å². The Hall–Kier alpha value is -2.19. The first-order chi connectivity index (χ1) is 11.4. The summed E-state index contributed by atoms with van der Waals surface area (Å²) in [4.78, 5) is 38.9. The van der Waals surface area contributed by atoms with Crippen LogP contribution >= 0.6 is 11.8 Å². The highest BCUT2D eigenvalue weighted by Crippen LogP contribution is 2.32. The molecule has 1 aromatic carbocycles. The Morgan fingerprint density at radius 2 is 2.04 bits per heavy atom. The molecule has 1 heterocycles. The van der Waals surface area contributed by atoms with Crippen LogP contribution in [0.25, 0.3) is 6.08 Å². The molecular formula is C16H18FN3O3S. The number of carbonyl (C=O) groups excluding carboxylic acids is 3. The van der Waals surface area contributed by atoms with Crippen LogP contribution in [0.5, 0.6) is 0 Å². The Kier molecular flexibility index (Phi) is 6.10. The molecule has 1 fully saturated rings. The van der Waals surface area contributed by atoms with Crippen LogP contribution < -0.4 is 5.32 Å². The summed E-state index contributed by atoms with van der Waals surface area (Å²) in [6.45, 7) is 0.737. The van der Waals surface area contributed by atoms with Crippen LogP contribution in [0.3, 0.4) is 0 Å². The fraction of sp³-hybridized carbons (Fsp3) is 0.312. The minimum absolute atomic E-state index is 0.103. The second-order valence-corrected chi connectivity index (χ2v) is 6.44. The molecule has 0 atom stereocenters. The Morgan fingerprint density at radius 3 is 2.71 bits per heavy atom. The summed E-state index contributed by atoms with van der Waals surface area (Å²) in [5, 5.41) is 2.10. The van der Waals surface area contributed by atoms with Gasteiger partial charge in [0.2, 0.25) is 5.91 Å². The zero-order valence-corrected chi connectivity index (χ0v) is 14.2. The highest BCUT2D eigenvalue weighted by Gasteiger charge is 2.36. The lowest BCUT2D eigenvalue weighted by Gasteiger charge is -2.14. The molecule has 8 heteroatoms. The maximum Gasteiger partial charge on any atom is 0.294 e. The molecule has 24 heavy (non-hydrogen) atoms. The van der Waals surface area contributed by atoms with E-state index in [1.165, 1.54) is 24.3 Å². The predicted molar refractivity (Wildman–Crippen MR) is 90.6 cm³/mol. The molecule has 0 saturated carbocycles. The molecule has 0 radical (unpaired) electrons. The van der Waals surface area contributed by atoms with E-state index in [0.29, 0.717) is 24.9 Å². The van der Waals surface area contributed by atoms with Gasteiger partial charge in [0.25, 0.3) is 11.1 Å². The Bertz CT molecular complexity index is 691. The van der Waals surface area contributed by atoms with Crippen molar-refractivity contribution in [1.29, 1.82) is 0 Å². The number of hydrogen-bond donors (Lipinski definition) is 1. The predicted octanol–water partition coefficient (Wildman–Crippen LogP) is 1.54. The molecule has 6 nitrogen and oxygen atoms in total. The highest BCUT2D eigenvalue weighted by atomic mass is 32.2. The van der Waals surface area contributed by atoms with E-state index in [9.17, 15) is 18.8 Å². The van der Waals surface area contributed by atoms with Gasteiger partial charge in [-0.05, 0) is 38.0 Å². The molecule has 0 aliphatic carbocycles. The number of rotatable bonds is 6. The zero-order chi connectivity index (χ0) is 17.7. The molecule has 0 unspecified atom stereocenters. The van der Waals surface area contributed by atoms with E-state index in [-0.39, 0.29) is 17.0 Å². The summed E-state index contributed by atoms with van der Waals surface area (Å²) in [5.74, 6) is -1.48. The molecule has 1 saturated heterocycles. The standard InChI is InChI=1S/C16H18FN3O3S/c1-19(2)8-7-18-14(21)10-20-15(22)13(24-16(20)23)9-11-5-3-4-6-12(11)17/h3-6,9H,7-8,10H2,1-2H3,(H,18,21). The third kappa shape index (κ3) is 4.65. The van der Waals surface area contributed by atoms with Crippen molar-refractivity contribution in [2.45, 2.75) is 0 Å². The number of carbonyl (C=O) groups is 3. The van der Waals surface area contributed by atoms with Crippen molar-refractivity contribution >= 4 is 34.9 Å². The van der Waals surface area contributed by atoms with Gasteiger partial charge in [-0.15, -0.1) is 0 Å². The zero-order valence-electron chi connectivity index (χ0n) is 13.4. The minimum Gasteiger partial charge on any atom is -0.353 e. The van der Waals surface area contributed by atoms with Crippen LogP contribution in [-0.4, -0.2) is 60.6 Å². The lowest BCUT2D eigenvalue weighted by molar-refractivity contribution is -0.129. The molecule has 1 N–H and O–H groups in total. The monoisotopic (exact) mass is 351 g/mol. The topological polar surface area (TPSA) is 69.7 Å². The third-order valence-corrected chi connectivity index (χ3v) is 4.16. The van der Waals surface area contributed by atoms with Gasteiger partial charge in [-0.3, -0.25) is 19.3 Å². The molecule has 1 aromatic rings. The molecule has 0 bridgehead atoms. The SMILES string of the molecule is CN(C)CCNC(=O)CN1C(=O)SC(=Cc2ccccc2F)C1=O. The maximum absolute atomic E-state index is 13.6. The maximum atomic E-state index is 13.6. The molecule has 0 spiro atoms. The van der Waals surface area contributed by atoms with Gasteiger partial charge < -0.3 is 10.2 Å². The highest BCUT2D eigenvalue weighted by molar-refractivity contribution is 8.18. The van der Waals surface area contributed by atoms with E-state index >= 15 is 0 Å². The minimum atomic E-state index is -0.587. The van der Waals surface area contributed by atoms with Crippen molar-refractivity contribution < 1.29 is 18.8 Å². The average Bonchev–Trinajstić information content (AvgIpc) is 2.77. The molecule has 1 aliphatic heterocycles. The van der Waals surface area contributed by atoms with Gasteiger partial charge in [0.05, 0.1) is 4.91 Å². The number of nitrogens with one attached hydrogen (secondary N) is 1. The van der Waals surface area contributed by atoms with Crippen molar-refractivity contribution in [3.8, 4) is 0 Å². The largest absolute Gasteiger partial charge is 0.353 e. The summed E-state index contributed by atoms with van der Waals surface area (Å²) >= 11 is 0.700. The number of thioether (sulfide) groups is 1. The van der Waals surface area contributed by atoms with E-state index in [4.69, 9.17) is 0 Å². The van der Waals surface area contributed by atoms with Crippen LogP contribution in [0.4, 0.5) is 9.18 Å². The second-order valence-electron chi connectivity index (χ2n) is 5.44. The summed E-state index contributed by atoms with van der Waals surface area (Å²) in [6.07, 6.45) is 1.32. The summed E-state index contributed by atoms with van der Waals surface area (Å²) in [6, 6.07) is 5.96. The summed E-state index contributed by atoms with van der Waals surface area (Å²) in [7, 11) is 3.74. The fourth-order valence-electron chi connectivity index (χ4n) is 1.99. The van der Waals surface area contributed by atoms with Gasteiger partial charge in [-0.25, -0.2) is 4.39 Å². The number of likely N-dealkylation sites (N-methyl/N-ethyl adjacent to an activating group) is 1. The molecule has 2 rings (SSSR count). The number of amides is 3. The Morgan fingerprint density at radius 1 is 1.33 bits per heavy atom. The van der Waals surface area contributed by atoms with Gasteiger partial charge in [0.15, 0.2) is 0 Å². The van der Waals surface area contributed by atoms with Gasteiger partial charge in [-0.2, -0.15) is 0 Å². The van der Waals surface area contributed by atoms with Crippen molar-refractivity contribution in [1.82, 2.24) is 15.1 Å². The van der Waals surface area contributed by atoms with Gasteiger partial charge in [0.1, 0.15) is 12.4 Å². The average molecular weight is 351 g/mol. The van der Waals surface area contributed by atoms with Crippen molar-refractivity contribution in [2.24, 2.45) is 0 Å². The molecule has 0 aromatic heterocycles. The Balaban J connectivity index is 2.01. The molecular weight excluding hydrogens is 333 g/mol. The Labute approximate surface area is 143 Å². The molecule has 1 aliphatic rings. The molecule has 128 valence electrons.